The van der Waals surface area contributed by atoms with Crippen molar-refractivity contribution in [2.24, 2.45) is 52.3 Å². The van der Waals surface area contributed by atoms with E-state index in [1.807, 2.05) is 6.92 Å². The van der Waals surface area contributed by atoms with Crippen LogP contribution in [0.3, 0.4) is 0 Å². The number of fused-ring (bicyclic) bond motifs is 7. The molecule has 9 heteroatoms. The first-order valence-electron chi connectivity index (χ1n) is 16.8. The summed E-state index contributed by atoms with van der Waals surface area (Å²) in [7, 11) is 0. The van der Waals surface area contributed by atoms with E-state index in [9.17, 15) is 30.6 Å². The van der Waals surface area contributed by atoms with Crippen molar-refractivity contribution in [3.05, 3.63) is 0 Å². The van der Waals surface area contributed by atoms with Crippen molar-refractivity contribution < 1.29 is 44.8 Å². The molecule has 0 bridgehead atoms. The Kier molecular flexibility index (Phi) is 8.63. The Morgan fingerprint density at radius 3 is 2.38 bits per heavy atom. The lowest BCUT2D eigenvalue weighted by molar-refractivity contribution is -0.303. The van der Waals surface area contributed by atoms with Crippen LogP contribution in [0.2, 0.25) is 0 Å². The molecule has 6 aliphatic rings. The first-order valence-corrected chi connectivity index (χ1v) is 16.8. The number of hydrogen-bond donors (Lipinski definition) is 6. The lowest BCUT2D eigenvalue weighted by Gasteiger charge is -2.61. The summed E-state index contributed by atoms with van der Waals surface area (Å²) in [4.78, 5) is 0. The number of aliphatic hydroxyl groups excluding tert-OH is 5. The SMILES string of the molecule is C[C@H](CC[C@@]1(O)O[C@H]2C[C@H]3[C@@H]4CC[C@@H]5C[C@@H](O)CC[C@]5(C)[C@H]4CC[C@]3(C)[C@H]2[C@@H]1C)CO[C@@H]1O[C@H](CO)[C@@H](O)[C@H](O)[C@H]1O. The molecule has 0 amide bonds. The maximum absolute atomic E-state index is 11.8. The molecule has 6 fully saturated rings. The highest BCUT2D eigenvalue weighted by Crippen LogP contribution is 2.70. The largest absolute Gasteiger partial charge is 0.394 e. The van der Waals surface area contributed by atoms with E-state index >= 15 is 0 Å². The molecule has 9 nitrogen and oxygen atoms in total. The van der Waals surface area contributed by atoms with Gasteiger partial charge in [-0.2, -0.15) is 0 Å². The first-order chi connectivity index (χ1) is 19.8. The molecule has 6 rings (SSSR count). The lowest BCUT2D eigenvalue weighted by atomic mass is 9.44. The molecule has 2 aliphatic heterocycles. The zero-order valence-electron chi connectivity index (χ0n) is 26.0. The van der Waals surface area contributed by atoms with Gasteiger partial charge in [0, 0.05) is 12.3 Å². The minimum absolute atomic E-state index is 0.0290. The zero-order valence-corrected chi connectivity index (χ0v) is 26.0. The van der Waals surface area contributed by atoms with E-state index in [0.717, 1.165) is 31.6 Å². The van der Waals surface area contributed by atoms with E-state index in [0.29, 0.717) is 41.9 Å². The molecule has 4 aliphatic carbocycles. The van der Waals surface area contributed by atoms with Gasteiger partial charge in [-0.15, -0.1) is 0 Å². The van der Waals surface area contributed by atoms with Gasteiger partial charge in [-0.3, -0.25) is 0 Å². The van der Waals surface area contributed by atoms with Crippen molar-refractivity contribution in [1.82, 2.24) is 0 Å². The standard InChI is InChI=1S/C33H56O9/c1-17(16-40-30-29(38)28(37)27(36)25(15-34)41-30)7-12-33(39)18(2)26-24(42-33)14-23-21-6-5-19-13-20(35)8-10-31(19,3)22(21)9-11-32(23,26)4/h17-30,34-39H,5-16H2,1-4H3/t17-,18+,19-,20+,21-,22+,23+,24+,25-,26+,27-,28+,29-,30-,31+,32+,33-/m1/s1. The molecular formula is C33H56O9. The molecule has 0 aromatic heterocycles. The van der Waals surface area contributed by atoms with Gasteiger partial charge in [-0.25, -0.2) is 0 Å². The van der Waals surface area contributed by atoms with Crippen molar-refractivity contribution >= 4 is 0 Å². The van der Waals surface area contributed by atoms with Gasteiger partial charge >= 0.3 is 0 Å². The average molecular weight is 597 g/mol. The van der Waals surface area contributed by atoms with Gasteiger partial charge in [0.2, 0.25) is 0 Å². The van der Waals surface area contributed by atoms with E-state index in [-0.39, 0.29) is 36.1 Å². The fourth-order valence-corrected chi connectivity index (χ4v) is 11.2. The van der Waals surface area contributed by atoms with E-state index in [1.54, 1.807) is 0 Å². The Morgan fingerprint density at radius 2 is 1.64 bits per heavy atom. The van der Waals surface area contributed by atoms with Crippen molar-refractivity contribution in [3.8, 4) is 0 Å². The van der Waals surface area contributed by atoms with Crippen LogP contribution in [0.15, 0.2) is 0 Å². The Balaban J connectivity index is 1.05. The maximum Gasteiger partial charge on any atom is 0.186 e. The van der Waals surface area contributed by atoms with E-state index < -0.39 is 43.1 Å². The molecular weight excluding hydrogens is 540 g/mol. The molecule has 6 N–H and O–H groups in total. The van der Waals surface area contributed by atoms with Crippen LogP contribution in [0, 0.1) is 52.3 Å². The third-order valence-corrected chi connectivity index (χ3v) is 13.7. The monoisotopic (exact) mass is 596 g/mol. The molecule has 4 saturated carbocycles. The molecule has 42 heavy (non-hydrogen) atoms. The minimum atomic E-state index is -1.46. The Labute approximate surface area is 250 Å². The molecule has 0 radical (unpaired) electrons. The number of hydrogen-bond acceptors (Lipinski definition) is 9. The summed E-state index contributed by atoms with van der Waals surface area (Å²) in [5, 5.41) is 61.9. The van der Waals surface area contributed by atoms with Crippen LogP contribution in [0.5, 0.6) is 0 Å². The van der Waals surface area contributed by atoms with E-state index in [4.69, 9.17) is 14.2 Å². The normalized spacial score (nSPS) is 56.3. The van der Waals surface area contributed by atoms with E-state index in [1.165, 1.54) is 25.7 Å². The second-order valence-electron chi connectivity index (χ2n) is 15.9. The minimum Gasteiger partial charge on any atom is -0.394 e. The van der Waals surface area contributed by atoms with Crippen molar-refractivity contribution in [2.45, 2.75) is 141 Å². The van der Waals surface area contributed by atoms with Crippen LogP contribution in [0.25, 0.3) is 0 Å². The van der Waals surface area contributed by atoms with Gasteiger partial charge in [0.1, 0.15) is 24.4 Å². The second kappa shape index (κ2) is 11.5. The van der Waals surface area contributed by atoms with Crippen molar-refractivity contribution in [3.63, 3.8) is 0 Å². The molecule has 0 unspecified atom stereocenters. The summed E-state index contributed by atoms with van der Waals surface area (Å²) >= 11 is 0. The number of ether oxygens (including phenoxy) is 3. The summed E-state index contributed by atoms with van der Waals surface area (Å²) in [6.45, 7) is 8.95. The second-order valence-corrected chi connectivity index (χ2v) is 15.9. The third kappa shape index (κ3) is 5.01. The zero-order chi connectivity index (χ0) is 30.2. The topological polar surface area (TPSA) is 149 Å². The van der Waals surface area contributed by atoms with Gasteiger partial charge in [0.05, 0.1) is 25.4 Å². The predicted octanol–water partition coefficient (Wildman–Crippen LogP) is 2.57. The lowest BCUT2D eigenvalue weighted by Crippen LogP contribution is -2.59. The van der Waals surface area contributed by atoms with Crippen LogP contribution < -0.4 is 0 Å². The molecule has 2 heterocycles. The molecule has 0 spiro atoms. The Hall–Kier alpha value is -0.360. The Morgan fingerprint density at radius 1 is 0.905 bits per heavy atom. The molecule has 0 aromatic rings. The summed E-state index contributed by atoms with van der Waals surface area (Å²) in [5.41, 5.74) is 0.521. The van der Waals surface area contributed by atoms with Crippen molar-refractivity contribution in [1.29, 1.82) is 0 Å². The predicted molar refractivity (Wildman–Crippen MR) is 154 cm³/mol. The smallest absolute Gasteiger partial charge is 0.186 e. The summed E-state index contributed by atoms with van der Waals surface area (Å²) in [6, 6.07) is 0. The molecule has 17 atom stereocenters. The van der Waals surface area contributed by atoms with Gasteiger partial charge in [0.15, 0.2) is 12.1 Å². The van der Waals surface area contributed by atoms with Crippen molar-refractivity contribution in [2.75, 3.05) is 13.2 Å². The van der Waals surface area contributed by atoms with Crippen LogP contribution in [0.1, 0.15) is 91.9 Å². The first kappa shape index (κ1) is 31.6. The maximum atomic E-state index is 11.8. The highest BCUT2D eigenvalue weighted by atomic mass is 16.7. The molecule has 242 valence electrons. The Bertz CT molecular complexity index is 964. The van der Waals surface area contributed by atoms with Crippen LogP contribution in [0.4, 0.5) is 0 Å². The highest BCUT2D eigenvalue weighted by Gasteiger charge is 2.68. The third-order valence-electron chi connectivity index (χ3n) is 13.7. The number of rotatable bonds is 7. The van der Waals surface area contributed by atoms with Gasteiger partial charge in [-0.1, -0.05) is 27.7 Å². The van der Waals surface area contributed by atoms with Gasteiger partial charge < -0.3 is 44.8 Å². The fourth-order valence-electron chi connectivity index (χ4n) is 11.2. The summed E-state index contributed by atoms with van der Waals surface area (Å²) in [5.74, 6) is 1.96. The fraction of sp³-hybridized carbons (Fsp3) is 1.00. The average Bonchev–Trinajstić information content (AvgIpc) is 3.39. The molecule has 2 saturated heterocycles. The summed E-state index contributed by atoms with van der Waals surface area (Å²) in [6.07, 6.45) is 3.76. The number of aliphatic hydroxyl groups is 6. The highest BCUT2D eigenvalue weighted by molar-refractivity contribution is 5.15. The van der Waals surface area contributed by atoms with Crippen LogP contribution >= 0.6 is 0 Å². The van der Waals surface area contributed by atoms with Gasteiger partial charge in [0.25, 0.3) is 0 Å². The van der Waals surface area contributed by atoms with E-state index in [2.05, 4.69) is 20.8 Å². The van der Waals surface area contributed by atoms with Crippen LogP contribution in [-0.4, -0.2) is 92.6 Å². The molecule has 0 aromatic carbocycles. The quantitative estimate of drug-likeness (QED) is 0.261. The summed E-state index contributed by atoms with van der Waals surface area (Å²) < 4.78 is 17.8. The van der Waals surface area contributed by atoms with Crippen LogP contribution in [-0.2, 0) is 14.2 Å². The van der Waals surface area contributed by atoms with Gasteiger partial charge in [-0.05, 0) is 104 Å².